The van der Waals surface area contributed by atoms with Gasteiger partial charge in [-0.25, -0.2) is 0 Å². The SMILES string of the molecule is Cc1noc(N(C)CCC2CCCCN2)n1. The number of aromatic nitrogens is 2. The van der Waals surface area contributed by atoms with Gasteiger partial charge in [0, 0.05) is 19.6 Å². The molecule has 1 saturated heterocycles. The van der Waals surface area contributed by atoms with Gasteiger partial charge in [0.2, 0.25) is 0 Å². The molecule has 16 heavy (non-hydrogen) atoms. The van der Waals surface area contributed by atoms with Gasteiger partial charge in [-0.2, -0.15) is 4.98 Å². The van der Waals surface area contributed by atoms with Crippen LogP contribution >= 0.6 is 0 Å². The molecule has 1 atom stereocenters. The molecular formula is C11H20N4O. The average Bonchev–Trinajstić information content (AvgIpc) is 2.74. The second-order valence-electron chi connectivity index (χ2n) is 4.48. The van der Waals surface area contributed by atoms with Crippen molar-refractivity contribution in [3.8, 4) is 0 Å². The lowest BCUT2D eigenvalue weighted by atomic mass is 10.0. The molecule has 0 amide bonds. The van der Waals surface area contributed by atoms with E-state index in [-0.39, 0.29) is 0 Å². The van der Waals surface area contributed by atoms with Crippen molar-refractivity contribution >= 4 is 6.01 Å². The van der Waals surface area contributed by atoms with Crippen LogP contribution in [0.2, 0.25) is 0 Å². The third-order valence-corrected chi connectivity index (χ3v) is 3.07. The zero-order valence-electron chi connectivity index (χ0n) is 10.1. The Morgan fingerprint density at radius 3 is 3.00 bits per heavy atom. The second-order valence-corrected chi connectivity index (χ2v) is 4.48. The summed E-state index contributed by atoms with van der Waals surface area (Å²) < 4.78 is 5.11. The maximum absolute atomic E-state index is 5.11. The summed E-state index contributed by atoms with van der Waals surface area (Å²) in [5, 5.41) is 7.33. The molecule has 1 aromatic heterocycles. The van der Waals surface area contributed by atoms with Crippen LogP contribution in [0.1, 0.15) is 31.5 Å². The molecule has 1 unspecified atom stereocenters. The van der Waals surface area contributed by atoms with Gasteiger partial charge in [0.15, 0.2) is 5.82 Å². The first kappa shape index (κ1) is 11.4. The van der Waals surface area contributed by atoms with Crippen molar-refractivity contribution in [3.63, 3.8) is 0 Å². The molecule has 2 rings (SSSR count). The van der Waals surface area contributed by atoms with Crippen LogP contribution in [-0.2, 0) is 0 Å². The third-order valence-electron chi connectivity index (χ3n) is 3.07. The number of aryl methyl sites for hydroxylation is 1. The fourth-order valence-electron chi connectivity index (χ4n) is 2.06. The number of hydrogen-bond acceptors (Lipinski definition) is 5. The maximum Gasteiger partial charge on any atom is 0.323 e. The first-order valence-electron chi connectivity index (χ1n) is 6.00. The van der Waals surface area contributed by atoms with E-state index in [0.717, 1.165) is 19.5 Å². The van der Waals surface area contributed by atoms with E-state index in [9.17, 15) is 0 Å². The van der Waals surface area contributed by atoms with Crippen LogP contribution in [-0.4, -0.2) is 36.3 Å². The molecule has 0 bridgehead atoms. The van der Waals surface area contributed by atoms with Crippen LogP contribution in [0.15, 0.2) is 4.52 Å². The Kier molecular flexibility index (Phi) is 3.77. The Bertz CT molecular complexity index is 320. The molecule has 0 radical (unpaired) electrons. The number of nitrogens with one attached hydrogen (secondary N) is 1. The number of hydrogen-bond donors (Lipinski definition) is 1. The molecule has 0 aromatic carbocycles. The van der Waals surface area contributed by atoms with Crippen molar-refractivity contribution in [3.05, 3.63) is 5.82 Å². The zero-order chi connectivity index (χ0) is 11.4. The van der Waals surface area contributed by atoms with Gasteiger partial charge in [0.25, 0.3) is 0 Å². The molecule has 1 aliphatic heterocycles. The van der Waals surface area contributed by atoms with E-state index in [1.165, 1.54) is 19.3 Å². The largest absolute Gasteiger partial charge is 0.327 e. The number of nitrogens with zero attached hydrogens (tertiary/aromatic N) is 3. The first-order valence-corrected chi connectivity index (χ1v) is 6.00. The molecule has 5 heteroatoms. The molecule has 1 N–H and O–H groups in total. The minimum Gasteiger partial charge on any atom is -0.327 e. The highest BCUT2D eigenvalue weighted by Gasteiger charge is 2.15. The number of rotatable bonds is 4. The normalized spacial score (nSPS) is 21.0. The molecule has 2 heterocycles. The molecule has 90 valence electrons. The Hall–Kier alpha value is -1.10. The minimum atomic E-state index is 0.619. The van der Waals surface area contributed by atoms with E-state index in [1.807, 2.05) is 18.9 Å². The smallest absolute Gasteiger partial charge is 0.323 e. The molecular weight excluding hydrogens is 204 g/mol. The maximum atomic E-state index is 5.11. The van der Waals surface area contributed by atoms with Gasteiger partial charge in [-0.1, -0.05) is 11.6 Å². The lowest BCUT2D eigenvalue weighted by Gasteiger charge is -2.25. The van der Waals surface area contributed by atoms with E-state index in [2.05, 4.69) is 15.5 Å². The van der Waals surface area contributed by atoms with E-state index in [1.54, 1.807) is 0 Å². The Balaban J connectivity index is 1.76. The molecule has 5 nitrogen and oxygen atoms in total. The third kappa shape index (κ3) is 2.95. The summed E-state index contributed by atoms with van der Waals surface area (Å²) in [6.45, 7) is 3.96. The fraction of sp³-hybridized carbons (Fsp3) is 0.818. The average molecular weight is 224 g/mol. The summed E-state index contributed by atoms with van der Waals surface area (Å²) in [6, 6.07) is 1.27. The van der Waals surface area contributed by atoms with Gasteiger partial charge in [-0.15, -0.1) is 0 Å². The van der Waals surface area contributed by atoms with Crippen LogP contribution < -0.4 is 10.2 Å². The minimum absolute atomic E-state index is 0.619. The quantitative estimate of drug-likeness (QED) is 0.836. The zero-order valence-corrected chi connectivity index (χ0v) is 10.1. The van der Waals surface area contributed by atoms with E-state index in [4.69, 9.17) is 4.52 Å². The van der Waals surface area contributed by atoms with E-state index in [0.29, 0.717) is 17.9 Å². The summed E-state index contributed by atoms with van der Waals surface area (Å²) in [4.78, 5) is 6.23. The predicted molar refractivity (Wildman–Crippen MR) is 62.6 cm³/mol. The van der Waals surface area contributed by atoms with Crippen LogP contribution in [0, 0.1) is 6.92 Å². The van der Waals surface area contributed by atoms with Crippen molar-refractivity contribution in [2.75, 3.05) is 25.0 Å². The van der Waals surface area contributed by atoms with Crippen LogP contribution in [0.25, 0.3) is 0 Å². The van der Waals surface area contributed by atoms with Crippen molar-refractivity contribution < 1.29 is 4.52 Å². The number of anilines is 1. The van der Waals surface area contributed by atoms with Gasteiger partial charge in [-0.3, -0.25) is 0 Å². The number of piperidine rings is 1. The Labute approximate surface area is 96.2 Å². The topological polar surface area (TPSA) is 54.2 Å². The lowest BCUT2D eigenvalue weighted by Crippen LogP contribution is -2.36. The van der Waals surface area contributed by atoms with Gasteiger partial charge in [0.05, 0.1) is 0 Å². The van der Waals surface area contributed by atoms with Gasteiger partial charge in [-0.05, 0) is 32.7 Å². The summed E-state index contributed by atoms with van der Waals surface area (Å²) in [6.07, 6.45) is 5.09. The second kappa shape index (κ2) is 5.30. The predicted octanol–water partition coefficient (Wildman–Crippen LogP) is 1.35. The van der Waals surface area contributed by atoms with Gasteiger partial charge in [0.1, 0.15) is 0 Å². The summed E-state index contributed by atoms with van der Waals surface area (Å²) >= 11 is 0. The Morgan fingerprint density at radius 1 is 1.50 bits per heavy atom. The molecule has 1 fully saturated rings. The van der Waals surface area contributed by atoms with Crippen molar-refractivity contribution in [1.82, 2.24) is 15.5 Å². The standard InChI is InChI=1S/C11H20N4O/c1-9-13-11(16-14-9)15(2)8-6-10-5-3-4-7-12-10/h10,12H,3-8H2,1-2H3. The fourth-order valence-corrected chi connectivity index (χ4v) is 2.06. The van der Waals surface area contributed by atoms with Gasteiger partial charge < -0.3 is 14.7 Å². The highest BCUT2D eigenvalue weighted by molar-refractivity contribution is 5.22. The molecule has 1 aromatic rings. The van der Waals surface area contributed by atoms with Crippen LogP contribution in [0.3, 0.4) is 0 Å². The Morgan fingerprint density at radius 2 is 2.38 bits per heavy atom. The molecule has 0 spiro atoms. The lowest BCUT2D eigenvalue weighted by molar-refractivity contribution is 0.375. The molecule has 1 aliphatic rings. The van der Waals surface area contributed by atoms with Crippen molar-refractivity contribution in [2.24, 2.45) is 0 Å². The van der Waals surface area contributed by atoms with E-state index >= 15 is 0 Å². The van der Waals surface area contributed by atoms with E-state index < -0.39 is 0 Å². The summed E-state index contributed by atoms with van der Waals surface area (Å²) in [5.41, 5.74) is 0. The summed E-state index contributed by atoms with van der Waals surface area (Å²) in [7, 11) is 2.00. The molecule has 0 saturated carbocycles. The highest BCUT2D eigenvalue weighted by Crippen LogP contribution is 2.13. The summed E-state index contributed by atoms with van der Waals surface area (Å²) in [5.74, 6) is 0.692. The van der Waals surface area contributed by atoms with Crippen molar-refractivity contribution in [1.29, 1.82) is 0 Å². The van der Waals surface area contributed by atoms with Crippen LogP contribution in [0.4, 0.5) is 6.01 Å². The first-order chi connectivity index (χ1) is 7.75. The van der Waals surface area contributed by atoms with Crippen molar-refractivity contribution in [2.45, 2.75) is 38.6 Å². The highest BCUT2D eigenvalue weighted by atomic mass is 16.5. The van der Waals surface area contributed by atoms with Gasteiger partial charge >= 0.3 is 6.01 Å². The monoisotopic (exact) mass is 224 g/mol. The molecule has 0 aliphatic carbocycles. The van der Waals surface area contributed by atoms with Crippen LogP contribution in [0.5, 0.6) is 0 Å².